The predicted octanol–water partition coefficient (Wildman–Crippen LogP) is 7.48. The summed E-state index contributed by atoms with van der Waals surface area (Å²) in [7, 11) is 1.62. The van der Waals surface area contributed by atoms with E-state index in [1.165, 1.54) is 0 Å². The molecule has 0 amide bonds. The first-order valence-corrected chi connectivity index (χ1v) is 19.4. The molecule has 9 atom stereocenters. The molecule has 57 heavy (non-hydrogen) atoms. The standard InChI is InChI=1S/C46H52O11/c1-46(2,3)45(47)57-42-41(52-28-33-18-12-7-13-19-33)40(51-27-32-16-10-6-11-17-32)38(29-49-26-31-14-8-5-9-15-31)55-44(42)54-36-24-25-50-37-30-53-43(56-39(36)37)34-20-22-35(48-4)23-21-34/h5-25,36-44H,26-30H2,1-4H3/t36-,37?,38?,39+,40+,41-,42?,43?,44?/m1/s1. The van der Waals surface area contributed by atoms with Gasteiger partial charge < -0.3 is 47.4 Å². The molecule has 0 spiro atoms. The van der Waals surface area contributed by atoms with Crippen molar-refractivity contribution in [1.82, 2.24) is 0 Å². The van der Waals surface area contributed by atoms with Gasteiger partial charge in [0.25, 0.3) is 0 Å². The largest absolute Gasteiger partial charge is 0.497 e. The Morgan fingerprint density at radius 3 is 1.91 bits per heavy atom. The van der Waals surface area contributed by atoms with Crippen molar-refractivity contribution in [3.8, 4) is 5.75 Å². The lowest BCUT2D eigenvalue weighted by molar-refractivity contribution is -0.346. The molecule has 11 nitrogen and oxygen atoms in total. The lowest BCUT2D eigenvalue weighted by Crippen LogP contribution is -2.64. The zero-order valence-corrected chi connectivity index (χ0v) is 32.8. The first-order chi connectivity index (χ1) is 27.7. The predicted molar refractivity (Wildman–Crippen MR) is 210 cm³/mol. The van der Waals surface area contributed by atoms with Gasteiger partial charge in [-0.3, -0.25) is 4.79 Å². The summed E-state index contributed by atoms with van der Waals surface area (Å²) in [5.41, 5.74) is 2.89. The first-order valence-electron chi connectivity index (χ1n) is 19.4. The summed E-state index contributed by atoms with van der Waals surface area (Å²) in [6.07, 6.45) is -3.53. The van der Waals surface area contributed by atoms with E-state index in [2.05, 4.69) is 0 Å². The molecular weight excluding hydrogens is 728 g/mol. The second kappa shape index (κ2) is 19.2. The third-order valence-corrected chi connectivity index (χ3v) is 9.99. The Hall–Kier alpha value is -4.59. The van der Waals surface area contributed by atoms with Crippen molar-refractivity contribution >= 4 is 5.97 Å². The highest BCUT2D eigenvalue weighted by molar-refractivity contribution is 5.75. The van der Waals surface area contributed by atoms with E-state index in [0.29, 0.717) is 6.61 Å². The van der Waals surface area contributed by atoms with Gasteiger partial charge in [-0.05, 0) is 55.7 Å². The number of hydrogen-bond donors (Lipinski definition) is 0. The highest BCUT2D eigenvalue weighted by Gasteiger charge is 2.53. The Morgan fingerprint density at radius 2 is 1.32 bits per heavy atom. The molecule has 0 saturated carbocycles. The minimum Gasteiger partial charge on any atom is -0.497 e. The molecule has 4 aromatic carbocycles. The smallest absolute Gasteiger partial charge is 0.311 e. The van der Waals surface area contributed by atoms with Crippen molar-refractivity contribution in [3.63, 3.8) is 0 Å². The molecular formula is C46H52O11. The van der Waals surface area contributed by atoms with E-state index in [9.17, 15) is 4.79 Å². The number of esters is 1. The van der Waals surface area contributed by atoms with E-state index in [1.54, 1.807) is 40.2 Å². The van der Waals surface area contributed by atoms with E-state index in [-0.39, 0.29) is 26.4 Å². The number of methoxy groups -OCH3 is 1. The van der Waals surface area contributed by atoms with E-state index < -0.39 is 66.7 Å². The molecule has 3 aliphatic rings. The van der Waals surface area contributed by atoms with E-state index in [4.69, 9.17) is 47.4 Å². The van der Waals surface area contributed by atoms with Gasteiger partial charge in [0, 0.05) is 5.56 Å². The molecule has 3 heterocycles. The highest BCUT2D eigenvalue weighted by Crippen LogP contribution is 2.37. The molecule has 0 radical (unpaired) electrons. The second-order valence-corrected chi connectivity index (χ2v) is 15.3. The molecule has 11 heteroatoms. The van der Waals surface area contributed by atoms with Crippen molar-refractivity contribution in [2.75, 3.05) is 20.3 Å². The quantitative estimate of drug-likeness (QED) is 0.112. The van der Waals surface area contributed by atoms with Gasteiger partial charge in [-0.2, -0.15) is 0 Å². The van der Waals surface area contributed by atoms with Gasteiger partial charge in [-0.1, -0.05) is 103 Å². The van der Waals surface area contributed by atoms with Crippen LogP contribution in [0.25, 0.3) is 0 Å². The van der Waals surface area contributed by atoms with Gasteiger partial charge in [-0.15, -0.1) is 0 Å². The van der Waals surface area contributed by atoms with Crippen LogP contribution in [0.4, 0.5) is 0 Å². The fourth-order valence-corrected chi connectivity index (χ4v) is 6.84. The number of benzene rings is 4. The number of carbonyl (C=O) groups excluding carboxylic acids is 1. The van der Waals surface area contributed by atoms with Gasteiger partial charge >= 0.3 is 5.97 Å². The van der Waals surface area contributed by atoms with Crippen molar-refractivity contribution in [2.45, 2.75) is 95.9 Å². The SMILES string of the molecule is COc1ccc(C2OCC3OC=C[C@@H](OC4OC(COCc5ccccc5)[C@H](OCc5ccccc5)[C@@H](OCc5ccccc5)C4OC(=O)C(C)(C)C)[C@@H]3O2)cc1. The van der Waals surface area contributed by atoms with Crippen molar-refractivity contribution < 1.29 is 52.2 Å². The number of ether oxygens (including phenoxy) is 10. The molecule has 5 unspecified atom stereocenters. The maximum Gasteiger partial charge on any atom is 0.311 e. The van der Waals surface area contributed by atoms with Crippen LogP contribution in [0.5, 0.6) is 5.75 Å². The molecule has 0 aromatic heterocycles. The maximum atomic E-state index is 13.8. The zero-order valence-electron chi connectivity index (χ0n) is 32.8. The average Bonchev–Trinajstić information content (AvgIpc) is 3.24. The minimum absolute atomic E-state index is 0.138. The minimum atomic E-state index is -1.13. The van der Waals surface area contributed by atoms with Gasteiger partial charge in [-0.25, -0.2) is 0 Å². The summed E-state index contributed by atoms with van der Waals surface area (Å²) < 4.78 is 63.9. The average molecular weight is 781 g/mol. The van der Waals surface area contributed by atoms with Crippen LogP contribution in [0.15, 0.2) is 128 Å². The topological polar surface area (TPSA) is 109 Å². The second-order valence-electron chi connectivity index (χ2n) is 15.3. The van der Waals surface area contributed by atoms with Gasteiger partial charge in [0.1, 0.15) is 36.3 Å². The van der Waals surface area contributed by atoms with Crippen LogP contribution < -0.4 is 4.74 Å². The van der Waals surface area contributed by atoms with Gasteiger partial charge in [0.2, 0.25) is 0 Å². The zero-order chi connectivity index (χ0) is 39.6. The Bertz CT molecular complexity index is 1850. The lowest BCUT2D eigenvalue weighted by atomic mass is 9.95. The number of rotatable bonds is 15. The summed E-state index contributed by atoms with van der Waals surface area (Å²) in [5, 5.41) is 0. The number of fused-ring (bicyclic) bond motifs is 1. The van der Waals surface area contributed by atoms with Gasteiger partial charge in [0.05, 0.1) is 51.8 Å². The van der Waals surface area contributed by atoms with Crippen LogP contribution in [-0.4, -0.2) is 75.3 Å². The van der Waals surface area contributed by atoms with Crippen LogP contribution in [-0.2, 0) is 67.2 Å². The van der Waals surface area contributed by atoms with Gasteiger partial charge in [0.15, 0.2) is 24.8 Å². The van der Waals surface area contributed by atoms with Crippen molar-refractivity contribution in [3.05, 3.63) is 150 Å². The molecule has 3 aliphatic heterocycles. The molecule has 0 N–H and O–H groups in total. The summed E-state index contributed by atoms with van der Waals surface area (Å²) in [6, 6.07) is 37.1. The fraction of sp³-hybridized carbons (Fsp3) is 0.413. The van der Waals surface area contributed by atoms with E-state index in [0.717, 1.165) is 28.0 Å². The van der Waals surface area contributed by atoms with Crippen LogP contribution in [0.3, 0.4) is 0 Å². The summed E-state index contributed by atoms with van der Waals surface area (Å²) in [5.74, 6) is 0.279. The Labute approximate surface area is 334 Å². The normalized spacial score (nSPS) is 27.2. The monoisotopic (exact) mass is 780 g/mol. The highest BCUT2D eigenvalue weighted by atomic mass is 16.8. The molecule has 7 rings (SSSR count). The van der Waals surface area contributed by atoms with Crippen molar-refractivity contribution in [1.29, 1.82) is 0 Å². The molecule has 4 aromatic rings. The van der Waals surface area contributed by atoms with Crippen LogP contribution in [0, 0.1) is 5.41 Å². The first kappa shape index (κ1) is 40.6. The van der Waals surface area contributed by atoms with Crippen LogP contribution in [0.2, 0.25) is 0 Å². The molecule has 2 fully saturated rings. The molecule has 2 saturated heterocycles. The third-order valence-electron chi connectivity index (χ3n) is 9.99. The summed E-state index contributed by atoms with van der Waals surface area (Å²) >= 11 is 0. The fourth-order valence-electron chi connectivity index (χ4n) is 6.84. The Balaban J connectivity index is 1.21. The van der Waals surface area contributed by atoms with E-state index in [1.807, 2.05) is 115 Å². The Morgan fingerprint density at radius 1 is 0.719 bits per heavy atom. The molecule has 0 aliphatic carbocycles. The number of hydrogen-bond acceptors (Lipinski definition) is 11. The molecule has 302 valence electrons. The maximum absolute atomic E-state index is 13.8. The number of carbonyl (C=O) groups is 1. The summed E-state index contributed by atoms with van der Waals surface area (Å²) in [6.45, 7) is 6.64. The summed E-state index contributed by atoms with van der Waals surface area (Å²) in [4.78, 5) is 13.8. The van der Waals surface area contributed by atoms with Crippen LogP contribution >= 0.6 is 0 Å². The van der Waals surface area contributed by atoms with Crippen LogP contribution in [0.1, 0.15) is 49.3 Å². The van der Waals surface area contributed by atoms with E-state index >= 15 is 0 Å². The molecule has 0 bridgehead atoms. The van der Waals surface area contributed by atoms with Crippen molar-refractivity contribution in [2.24, 2.45) is 5.41 Å². The Kier molecular flexibility index (Phi) is 13.7. The lowest BCUT2D eigenvalue weighted by Gasteiger charge is -2.48. The third kappa shape index (κ3) is 10.7.